The van der Waals surface area contributed by atoms with Crippen LogP contribution in [0.1, 0.15) is 10.4 Å². The van der Waals surface area contributed by atoms with E-state index in [2.05, 4.69) is 4.37 Å². The topological polar surface area (TPSA) is 72.9 Å². The third-order valence-electron chi connectivity index (χ3n) is 2.20. The van der Waals surface area contributed by atoms with Gasteiger partial charge < -0.3 is 9.64 Å². The van der Waals surface area contributed by atoms with Crippen molar-refractivity contribution >= 4 is 17.4 Å². The first-order chi connectivity index (χ1) is 7.36. The first-order valence-corrected chi connectivity index (χ1v) is 5.26. The lowest BCUT2D eigenvalue weighted by atomic mass is 10.2. The normalized spacial score (nSPS) is 15.7. The summed E-state index contributed by atoms with van der Waals surface area (Å²) in [5.41, 5.74) is 0.393. The van der Waals surface area contributed by atoms with E-state index in [-0.39, 0.29) is 0 Å². The van der Waals surface area contributed by atoms with Crippen LogP contribution in [0.15, 0.2) is 0 Å². The van der Waals surface area contributed by atoms with Gasteiger partial charge in [-0.2, -0.15) is 14.9 Å². The Morgan fingerprint density at radius 3 is 2.60 bits per heavy atom. The smallest absolute Gasteiger partial charge is 0.161 e. The Morgan fingerprint density at radius 2 is 2.00 bits per heavy atom. The molecule has 6 heteroatoms. The molecule has 0 amide bonds. The summed E-state index contributed by atoms with van der Waals surface area (Å²) in [5, 5.41) is 17.7. The number of aromatic nitrogens is 1. The van der Waals surface area contributed by atoms with Gasteiger partial charge in [0.15, 0.2) is 5.82 Å². The molecule has 0 atom stereocenters. The largest absolute Gasteiger partial charge is 0.378 e. The van der Waals surface area contributed by atoms with Gasteiger partial charge in [-0.05, 0) is 11.5 Å². The molecule has 1 aromatic rings. The third kappa shape index (κ3) is 1.78. The Kier molecular flexibility index (Phi) is 2.82. The highest BCUT2D eigenvalue weighted by atomic mass is 32.1. The molecule has 1 aliphatic rings. The van der Waals surface area contributed by atoms with E-state index < -0.39 is 0 Å². The summed E-state index contributed by atoms with van der Waals surface area (Å²) in [6, 6.07) is 4.02. The van der Waals surface area contributed by atoms with E-state index in [0.29, 0.717) is 29.5 Å². The van der Waals surface area contributed by atoms with Crippen LogP contribution in [0.2, 0.25) is 0 Å². The zero-order valence-corrected chi connectivity index (χ0v) is 8.75. The zero-order valence-electron chi connectivity index (χ0n) is 7.93. The van der Waals surface area contributed by atoms with Crippen molar-refractivity contribution in [1.82, 2.24) is 4.37 Å². The second-order valence-corrected chi connectivity index (χ2v) is 3.81. The lowest BCUT2D eigenvalue weighted by molar-refractivity contribution is 0.122. The van der Waals surface area contributed by atoms with Crippen molar-refractivity contribution in [1.29, 1.82) is 10.5 Å². The van der Waals surface area contributed by atoms with Gasteiger partial charge in [0.2, 0.25) is 0 Å². The molecule has 0 spiro atoms. The van der Waals surface area contributed by atoms with Crippen LogP contribution in [0, 0.1) is 22.7 Å². The molecule has 15 heavy (non-hydrogen) atoms. The van der Waals surface area contributed by atoms with Gasteiger partial charge in [0.1, 0.15) is 22.6 Å². The predicted molar refractivity (Wildman–Crippen MR) is 54.6 cm³/mol. The average Bonchev–Trinajstić information content (AvgIpc) is 2.72. The molecule has 0 aromatic carbocycles. The number of nitrogens with zero attached hydrogens (tertiary/aromatic N) is 4. The van der Waals surface area contributed by atoms with Crippen LogP contribution in [-0.4, -0.2) is 30.7 Å². The van der Waals surface area contributed by atoms with Crippen molar-refractivity contribution in [2.45, 2.75) is 0 Å². The molecule has 0 bridgehead atoms. The minimum absolute atomic E-state index is 0.388. The van der Waals surface area contributed by atoms with E-state index >= 15 is 0 Å². The number of rotatable bonds is 1. The standard InChI is InChI=1S/C9H8N4OS/c10-5-7-8(6-11)15-12-9(7)13-1-3-14-4-2-13/h1-4H2. The quantitative estimate of drug-likeness (QED) is 0.697. The molecule has 2 heterocycles. The van der Waals surface area contributed by atoms with Gasteiger partial charge in [-0.25, -0.2) is 0 Å². The number of morpholine rings is 1. The van der Waals surface area contributed by atoms with Crippen LogP contribution in [-0.2, 0) is 4.74 Å². The second kappa shape index (κ2) is 4.26. The fraction of sp³-hybridized carbons (Fsp3) is 0.444. The highest BCUT2D eigenvalue weighted by Crippen LogP contribution is 2.25. The highest BCUT2D eigenvalue weighted by Gasteiger charge is 2.20. The van der Waals surface area contributed by atoms with E-state index in [9.17, 15) is 0 Å². The summed E-state index contributed by atoms with van der Waals surface area (Å²) in [6.07, 6.45) is 0. The Morgan fingerprint density at radius 1 is 1.27 bits per heavy atom. The summed E-state index contributed by atoms with van der Waals surface area (Å²) in [7, 11) is 0. The van der Waals surface area contributed by atoms with Gasteiger partial charge in [-0.15, -0.1) is 0 Å². The molecule has 5 nitrogen and oxygen atoms in total. The van der Waals surface area contributed by atoms with Crippen molar-refractivity contribution in [3.8, 4) is 12.1 Å². The van der Waals surface area contributed by atoms with E-state index in [1.165, 1.54) is 0 Å². The number of hydrogen-bond donors (Lipinski definition) is 0. The predicted octanol–water partition coefficient (Wildman–Crippen LogP) is 0.723. The first kappa shape index (κ1) is 9.91. The van der Waals surface area contributed by atoms with E-state index in [0.717, 1.165) is 24.6 Å². The number of nitriles is 2. The molecule has 76 valence electrons. The Balaban J connectivity index is 2.32. The van der Waals surface area contributed by atoms with Crippen LogP contribution in [0.4, 0.5) is 5.82 Å². The third-order valence-corrected chi connectivity index (χ3v) is 2.94. The number of ether oxygens (including phenoxy) is 1. The summed E-state index contributed by atoms with van der Waals surface area (Å²) in [5.74, 6) is 0.627. The molecule has 1 fully saturated rings. The Bertz CT molecular complexity index is 436. The molecule has 1 aliphatic heterocycles. The van der Waals surface area contributed by atoms with Crippen LogP contribution < -0.4 is 4.90 Å². The van der Waals surface area contributed by atoms with Crippen LogP contribution in [0.3, 0.4) is 0 Å². The molecule has 0 radical (unpaired) electrons. The highest BCUT2D eigenvalue weighted by molar-refractivity contribution is 7.06. The van der Waals surface area contributed by atoms with E-state index in [1.807, 2.05) is 17.0 Å². The van der Waals surface area contributed by atoms with E-state index in [1.54, 1.807) is 0 Å². The molecular weight excluding hydrogens is 212 g/mol. The fourth-order valence-electron chi connectivity index (χ4n) is 1.45. The van der Waals surface area contributed by atoms with Crippen LogP contribution >= 0.6 is 11.5 Å². The SMILES string of the molecule is N#Cc1snc(N2CCOCC2)c1C#N. The van der Waals surface area contributed by atoms with Gasteiger partial charge in [0.25, 0.3) is 0 Å². The lowest BCUT2D eigenvalue weighted by Gasteiger charge is -2.26. The van der Waals surface area contributed by atoms with Crippen molar-refractivity contribution in [2.24, 2.45) is 0 Å². The summed E-state index contributed by atoms with van der Waals surface area (Å²) in [6.45, 7) is 2.74. The Labute approximate surface area is 91.3 Å². The van der Waals surface area contributed by atoms with Crippen molar-refractivity contribution in [3.63, 3.8) is 0 Å². The average molecular weight is 220 g/mol. The molecule has 0 saturated carbocycles. The zero-order chi connectivity index (χ0) is 10.7. The summed E-state index contributed by atoms with van der Waals surface area (Å²) >= 11 is 1.08. The molecule has 0 aliphatic carbocycles. The number of anilines is 1. The molecule has 0 unspecified atom stereocenters. The van der Waals surface area contributed by atoms with Crippen LogP contribution in [0.5, 0.6) is 0 Å². The maximum atomic E-state index is 8.96. The lowest BCUT2D eigenvalue weighted by Crippen LogP contribution is -2.36. The molecular formula is C9H8N4OS. The minimum atomic E-state index is 0.388. The molecule has 0 N–H and O–H groups in total. The summed E-state index contributed by atoms with van der Waals surface area (Å²) < 4.78 is 9.36. The van der Waals surface area contributed by atoms with Crippen molar-refractivity contribution in [3.05, 3.63) is 10.4 Å². The summed E-state index contributed by atoms with van der Waals surface area (Å²) in [4.78, 5) is 2.37. The maximum Gasteiger partial charge on any atom is 0.161 e. The Hall–Kier alpha value is -1.63. The maximum absolute atomic E-state index is 8.96. The van der Waals surface area contributed by atoms with E-state index in [4.69, 9.17) is 15.3 Å². The first-order valence-electron chi connectivity index (χ1n) is 4.49. The van der Waals surface area contributed by atoms with Crippen molar-refractivity contribution in [2.75, 3.05) is 31.2 Å². The second-order valence-electron chi connectivity index (χ2n) is 3.03. The van der Waals surface area contributed by atoms with Gasteiger partial charge in [0.05, 0.1) is 13.2 Å². The van der Waals surface area contributed by atoms with Gasteiger partial charge in [0, 0.05) is 13.1 Å². The number of hydrogen-bond acceptors (Lipinski definition) is 6. The molecule has 1 saturated heterocycles. The van der Waals surface area contributed by atoms with Gasteiger partial charge >= 0.3 is 0 Å². The molecule has 1 aromatic heterocycles. The van der Waals surface area contributed by atoms with Crippen molar-refractivity contribution < 1.29 is 4.74 Å². The fourth-order valence-corrected chi connectivity index (χ4v) is 2.10. The van der Waals surface area contributed by atoms with Gasteiger partial charge in [-0.1, -0.05) is 0 Å². The van der Waals surface area contributed by atoms with Gasteiger partial charge in [-0.3, -0.25) is 0 Å². The monoisotopic (exact) mass is 220 g/mol. The minimum Gasteiger partial charge on any atom is -0.378 e. The molecule has 2 rings (SSSR count). The van der Waals surface area contributed by atoms with Crippen LogP contribution in [0.25, 0.3) is 0 Å².